The van der Waals surface area contributed by atoms with Gasteiger partial charge in [0.05, 0.1) is 0 Å². The average Bonchev–Trinajstić information content (AvgIpc) is 2.12. The molecule has 0 saturated carbocycles. The summed E-state index contributed by atoms with van der Waals surface area (Å²) in [6.45, 7) is -0.513. The molecule has 0 aromatic carbocycles. The number of esters is 1. The molecule has 82 valence electrons. The van der Waals surface area contributed by atoms with Crippen LogP contribution < -0.4 is 0 Å². The van der Waals surface area contributed by atoms with Gasteiger partial charge in [0.2, 0.25) is 6.79 Å². The Hall–Kier alpha value is -0.530. The van der Waals surface area contributed by atoms with Crippen molar-refractivity contribution in [1.29, 1.82) is 0 Å². The second kappa shape index (κ2) is 9.04. The summed E-state index contributed by atoms with van der Waals surface area (Å²) in [5.41, 5.74) is 0. The Balaban J connectivity index is 3.24. The van der Waals surface area contributed by atoms with E-state index >= 15 is 0 Å². The smallest absolute Gasteiger partial charge is 0.450 e. The van der Waals surface area contributed by atoms with E-state index in [1.807, 2.05) is 0 Å². The summed E-state index contributed by atoms with van der Waals surface area (Å²) in [7, 11) is 0. The Morgan fingerprint density at radius 2 is 1.86 bits per heavy atom. The minimum atomic E-state index is -1.44. The Labute approximate surface area is 95.9 Å². The van der Waals surface area contributed by atoms with E-state index in [4.69, 9.17) is 5.11 Å². The monoisotopic (exact) mass is 316 g/mol. The van der Waals surface area contributed by atoms with Gasteiger partial charge in [0, 0.05) is 6.42 Å². The molecule has 0 amide bonds. The summed E-state index contributed by atoms with van der Waals surface area (Å²) >= 11 is 2.27. The zero-order valence-corrected chi connectivity index (χ0v) is 9.86. The highest BCUT2D eigenvalue weighted by molar-refractivity contribution is 14.1. The van der Waals surface area contributed by atoms with Crippen molar-refractivity contribution in [1.82, 2.24) is 0 Å². The van der Waals surface area contributed by atoms with Crippen LogP contribution >= 0.6 is 22.6 Å². The number of ether oxygens (including phenoxy) is 2. The van der Waals surface area contributed by atoms with Gasteiger partial charge in [-0.05, 0) is 17.3 Å². The summed E-state index contributed by atoms with van der Waals surface area (Å²) in [6, 6.07) is 0. The number of carboxylic acid groups (broad SMARTS) is 1. The second-order valence-corrected chi connectivity index (χ2v) is 3.62. The van der Waals surface area contributed by atoms with Crippen LogP contribution in [-0.4, -0.2) is 28.5 Å². The molecule has 0 spiro atoms. The number of hydrogen-bond donors (Lipinski definition) is 1. The molecular weight excluding hydrogens is 303 g/mol. The first-order valence-electron chi connectivity index (χ1n) is 4.24. The quantitative estimate of drug-likeness (QED) is 0.256. The van der Waals surface area contributed by atoms with E-state index in [9.17, 15) is 9.59 Å². The second-order valence-electron chi connectivity index (χ2n) is 2.54. The van der Waals surface area contributed by atoms with E-state index in [0.717, 1.165) is 23.7 Å². The number of carbonyl (C=O) groups is 2. The van der Waals surface area contributed by atoms with Gasteiger partial charge < -0.3 is 14.6 Å². The molecule has 5 nitrogen and oxygen atoms in total. The first-order valence-corrected chi connectivity index (χ1v) is 5.76. The maximum Gasteiger partial charge on any atom is 0.508 e. The van der Waals surface area contributed by atoms with Crippen LogP contribution in [0.5, 0.6) is 0 Å². The van der Waals surface area contributed by atoms with Crippen molar-refractivity contribution < 1.29 is 24.2 Å². The number of rotatable bonds is 7. The number of hydrogen-bond acceptors (Lipinski definition) is 4. The van der Waals surface area contributed by atoms with E-state index < -0.39 is 18.9 Å². The molecule has 0 heterocycles. The average molecular weight is 316 g/mol. The maximum atomic E-state index is 10.9. The van der Waals surface area contributed by atoms with Gasteiger partial charge in [0.15, 0.2) is 0 Å². The predicted molar refractivity (Wildman–Crippen MR) is 57.4 cm³/mol. The molecule has 0 rings (SSSR count). The molecule has 6 heteroatoms. The largest absolute Gasteiger partial charge is 0.508 e. The van der Waals surface area contributed by atoms with Crippen LogP contribution in [0.4, 0.5) is 4.79 Å². The third-order valence-electron chi connectivity index (χ3n) is 1.42. The zero-order valence-electron chi connectivity index (χ0n) is 7.70. The van der Waals surface area contributed by atoms with E-state index in [0.29, 0.717) is 6.42 Å². The third-order valence-corrected chi connectivity index (χ3v) is 2.18. The molecule has 0 aliphatic carbocycles. The normalized spacial score (nSPS) is 9.50. The SMILES string of the molecule is O=C(O)OCOC(=O)CCCCCI. The van der Waals surface area contributed by atoms with E-state index in [-0.39, 0.29) is 0 Å². The molecule has 0 atom stereocenters. The lowest BCUT2D eigenvalue weighted by Crippen LogP contribution is -2.10. The molecule has 14 heavy (non-hydrogen) atoms. The van der Waals surface area contributed by atoms with Gasteiger partial charge in [-0.1, -0.05) is 29.0 Å². The van der Waals surface area contributed by atoms with Crippen LogP contribution in [0.3, 0.4) is 0 Å². The molecule has 1 N–H and O–H groups in total. The summed E-state index contributed by atoms with van der Waals surface area (Å²) in [6.07, 6.45) is 1.72. The summed E-state index contributed by atoms with van der Waals surface area (Å²) in [5, 5.41) is 8.06. The first-order chi connectivity index (χ1) is 6.66. The van der Waals surface area contributed by atoms with Gasteiger partial charge in [-0.25, -0.2) is 4.79 Å². The third kappa shape index (κ3) is 9.56. The fraction of sp³-hybridized carbons (Fsp3) is 0.750. The molecule has 0 saturated heterocycles. The number of halogens is 1. The molecular formula is C8H13IO5. The summed E-state index contributed by atoms with van der Waals surface area (Å²) in [4.78, 5) is 20.8. The Morgan fingerprint density at radius 1 is 1.14 bits per heavy atom. The Morgan fingerprint density at radius 3 is 2.43 bits per heavy atom. The van der Waals surface area contributed by atoms with Crippen molar-refractivity contribution in [3.63, 3.8) is 0 Å². The Bertz CT molecular complexity index is 183. The van der Waals surface area contributed by atoms with Crippen molar-refractivity contribution in [2.45, 2.75) is 25.7 Å². The fourth-order valence-corrected chi connectivity index (χ4v) is 1.30. The van der Waals surface area contributed by atoms with E-state index in [2.05, 4.69) is 32.1 Å². The molecule has 0 radical (unpaired) electrons. The molecule has 0 aliphatic heterocycles. The van der Waals surface area contributed by atoms with Crippen LogP contribution in [0, 0.1) is 0 Å². The van der Waals surface area contributed by atoms with Gasteiger partial charge in [-0.2, -0.15) is 0 Å². The summed E-state index contributed by atoms with van der Waals surface area (Å²) in [5.74, 6) is -0.417. The van der Waals surface area contributed by atoms with Gasteiger partial charge in [-0.3, -0.25) is 4.79 Å². The van der Waals surface area contributed by atoms with Crippen LogP contribution in [0.15, 0.2) is 0 Å². The van der Waals surface area contributed by atoms with Gasteiger partial charge in [-0.15, -0.1) is 0 Å². The maximum absolute atomic E-state index is 10.9. The van der Waals surface area contributed by atoms with E-state index in [1.165, 1.54) is 0 Å². The van der Waals surface area contributed by atoms with E-state index in [1.54, 1.807) is 0 Å². The fourth-order valence-electron chi connectivity index (χ4n) is 0.758. The standard InChI is InChI=1S/C8H13IO5/c9-5-3-1-2-4-7(10)13-6-14-8(11)12/h1-6H2,(H,11,12). The number of unbranched alkanes of at least 4 members (excludes halogenated alkanes) is 2. The topological polar surface area (TPSA) is 72.8 Å². The molecule has 0 aromatic heterocycles. The lowest BCUT2D eigenvalue weighted by molar-refractivity contribution is -0.152. The van der Waals surface area contributed by atoms with Crippen LogP contribution in [0.2, 0.25) is 0 Å². The lowest BCUT2D eigenvalue weighted by atomic mass is 10.2. The summed E-state index contributed by atoms with van der Waals surface area (Å²) < 4.78 is 9.58. The van der Waals surface area contributed by atoms with Crippen LogP contribution in [-0.2, 0) is 14.3 Å². The van der Waals surface area contributed by atoms with Crippen LogP contribution in [0.1, 0.15) is 25.7 Å². The van der Waals surface area contributed by atoms with Crippen molar-refractivity contribution in [3.8, 4) is 0 Å². The minimum absolute atomic E-state index is 0.319. The van der Waals surface area contributed by atoms with Crippen molar-refractivity contribution in [2.75, 3.05) is 11.2 Å². The van der Waals surface area contributed by atoms with Gasteiger partial charge in [0.25, 0.3) is 0 Å². The number of carbonyl (C=O) groups excluding carboxylic acids is 1. The molecule has 0 aliphatic rings. The van der Waals surface area contributed by atoms with Crippen molar-refractivity contribution in [2.24, 2.45) is 0 Å². The van der Waals surface area contributed by atoms with Crippen molar-refractivity contribution >= 4 is 34.7 Å². The Kier molecular flexibility index (Phi) is 8.70. The first kappa shape index (κ1) is 13.5. The number of alkyl halides is 1. The van der Waals surface area contributed by atoms with Crippen LogP contribution in [0.25, 0.3) is 0 Å². The van der Waals surface area contributed by atoms with Gasteiger partial charge >= 0.3 is 12.1 Å². The minimum Gasteiger partial charge on any atom is -0.450 e. The molecule has 0 aromatic rings. The van der Waals surface area contributed by atoms with Gasteiger partial charge in [0.1, 0.15) is 0 Å². The highest BCUT2D eigenvalue weighted by atomic mass is 127. The molecule has 0 unspecified atom stereocenters. The zero-order chi connectivity index (χ0) is 10.8. The highest BCUT2D eigenvalue weighted by Crippen LogP contribution is 2.03. The highest BCUT2D eigenvalue weighted by Gasteiger charge is 2.03. The molecule has 0 bridgehead atoms. The molecule has 0 fully saturated rings. The lowest BCUT2D eigenvalue weighted by Gasteiger charge is -2.02. The predicted octanol–water partition coefficient (Wildman–Crippen LogP) is 2.18. The van der Waals surface area contributed by atoms with Crippen molar-refractivity contribution in [3.05, 3.63) is 0 Å².